The number of ether oxygens (including phenoxy) is 1. The Hall–Kier alpha value is -0.0400. The molecule has 0 aromatic carbocycles. The van der Waals surface area contributed by atoms with Crippen molar-refractivity contribution in [3.8, 4) is 0 Å². The first-order valence-corrected chi connectivity index (χ1v) is 23.3. The van der Waals surface area contributed by atoms with Crippen LogP contribution in [0.15, 0.2) is 0 Å². The van der Waals surface area contributed by atoms with Gasteiger partial charge in [0.1, 0.15) is 0 Å². The zero-order valence-electron chi connectivity index (χ0n) is 33.9. The molecule has 1 aliphatic heterocycles. The Labute approximate surface area is 306 Å². The van der Waals surface area contributed by atoms with Crippen LogP contribution in [0.3, 0.4) is 0 Å². The second-order valence-electron chi connectivity index (χ2n) is 16.4. The Morgan fingerprint density at radius 3 is 0.875 bits per heavy atom. The van der Waals surface area contributed by atoms with E-state index in [-0.39, 0.29) is 0 Å². The molecule has 0 saturated carbocycles. The maximum atomic E-state index is 6.16. The third kappa shape index (κ3) is 33.1. The summed E-state index contributed by atoms with van der Waals surface area (Å²) in [5.74, 6) is 1.76. The van der Waals surface area contributed by atoms with Crippen LogP contribution in [0.25, 0.3) is 0 Å². The number of rotatable bonds is 41. The first kappa shape index (κ1) is 46.0. The van der Waals surface area contributed by atoms with E-state index in [0.717, 1.165) is 6.61 Å². The minimum atomic E-state index is 0.510. The molecule has 1 heterocycles. The zero-order valence-corrected chi connectivity index (χ0v) is 33.9. The van der Waals surface area contributed by atoms with Gasteiger partial charge >= 0.3 is 0 Å². The molecule has 287 valence electrons. The van der Waals surface area contributed by atoms with E-state index in [9.17, 15) is 0 Å². The van der Waals surface area contributed by atoms with Gasteiger partial charge in [0.25, 0.3) is 0 Å². The first-order chi connectivity index (χ1) is 23.9. The maximum Gasteiger partial charge on any atom is 0.0638 e. The van der Waals surface area contributed by atoms with E-state index >= 15 is 0 Å². The lowest BCUT2D eigenvalue weighted by Gasteiger charge is -2.18. The fourth-order valence-corrected chi connectivity index (χ4v) is 8.20. The second-order valence-corrected chi connectivity index (χ2v) is 16.4. The van der Waals surface area contributed by atoms with Crippen molar-refractivity contribution in [2.24, 2.45) is 0 Å². The minimum Gasteiger partial charge on any atom is -0.378 e. The van der Waals surface area contributed by atoms with E-state index in [0.29, 0.717) is 6.10 Å². The standard InChI is InChI=1S/C47H93O/c1-3-5-7-9-11-13-15-17-19-21-23-25-26-28-30-32-34-36-38-40-42-46-44-45-48-47(46)43-41-39-37-35-33-31-29-27-24-22-20-18-16-14-12-10-8-6-4-2/h47H,3-45H2,1-2H3. The van der Waals surface area contributed by atoms with Crippen molar-refractivity contribution >= 4 is 0 Å². The lowest BCUT2D eigenvalue weighted by molar-refractivity contribution is 0.106. The summed E-state index contributed by atoms with van der Waals surface area (Å²) in [5.41, 5.74) is 0. The lowest BCUT2D eigenvalue weighted by atomic mass is 9.91. The van der Waals surface area contributed by atoms with Gasteiger partial charge in [-0.15, -0.1) is 0 Å². The monoisotopic (exact) mass is 674 g/mol. The van der Waals surface area contributed by atoms with E-state index in [1.54, 1.807) is 5.92 Å². The molecular weight excluding hydrogens is 581 g/mol. The van der Waals surface area contributed by atoms with Crippen molar-refractivity contribution in [2.45, 2.75) is 290 Å². The molecule has 1 rings (SSSR count). The molecular formula is C47H93O. The van der Waals surface area contributed by atoms with Crippen LogP contribution in [-0.4, -0.2) is 12.7 Å². The van der Waals surface area contributed by atoms with Crippen molar-refractivity contribution in [3.63, 3.8) is 0 Å². The van der Waals surface area contributed by atoms with Gasteiger partial charge in [0.2, 0.25) is 0 Å². The van der Waals surface area contributed by atoms with Gasteiger partial charge in [-0.25, -0.2) is 0 Å². The number of hydrogen-bond acceptors (Lipinski definition) is 1. The summed E-state index contributed by atoms with van der Waals surface area (Å²) in [6.07, 6.45) is 61.5. The summed E-state index contributed by atoms with van der Waals surface area (Å²) in [4.78, 5) is 0. The Balaban J connectivity index is 1.75. The molecule has 48 heavy (non-hydrogen) atoms. The van der Waals surface area contributed by atoms with Crippen LogP contribution in [0.1, 0.15) is 284 Å². The molecule has 1 saturated heterocycles. The van der Waals surface area contributed by atoms with E-state index in [1.165, 1.54) is 270 Å². The Kier molecular flexibility index (Phi) is 38.1. The highest BCUT2D eigenvalue weighted by atomic mass is 16.5. The van der Waals surface area contributed by atoms with Gasteiger partial charge in [-0.3, -0.25) is 0 Å². The third-order valence-corrected chi connectivity index (χ3v) is 11.6. The first-order valence-electron chi connectivity index (χ1n) is 23.3. The molecule has 0 bridgehead atoms. The summed E-state index contributed by atoms with van der Waals surface area (Å²) in [6.45, 7) is 5.62. The van der Waals surface area contributed by atoms with Gasteiger partial charge < -0.3 is 4.74 Å². The smallest absolute Gasteiger partial charge is 0.0638 e. The lowest BCUT2D eigenvalue weighted by Crippen LogP contribution is -2.14. The van der Waals surface area contributed by atoms with Crippen molar-refractivity contribution < 1.29 is 4.74 Å². The predicted molar refractivity (Wildman–Crippen MR) is 218 cm³/mol. The molecule has 1 atom stereocenters. The average Bonchev–Trinajstić information content (AvgIpc) is 3.55. The van der Waals surface area contributed by atoms with E-state index in [2.05, 4.69) is 13.8 Å². The molecule has 0 aliphatic carbocycles. The topological polar surface area (TPSA) is 9.23 Å². The Bertz CT molecular complexity index is 571. The van der Waals surface area contributed by atoms with Crippen LogP contribution in [0.5, 0.6) is 0 Å². The van der Waals surface area contributed by atoms with Crippen LogP contribution < -0.4 is 0 Å². The van der Waals surface area contributed by atoms with Crippen LogP contribution in [-0.2, 0) is 4.74 Å². The SMILES string of the molecule is CCCCCCCCCCCCCCCCCCCCCC[C]1CCOC1CCCCCCCCCCCCCCCCCCCCC. The highest BCUT2D eigenvalue weighted by molar-refractivity contribution is 5.01. The van der Waals surface area contributed by atoms with Gasteiger partial charge in [-0.1, -0.05) is 264 Å². The summed E-state index contributed by atoms with van der Waals surface area (Å²) in [7, 11) is 0. The molecule has 0 aromatic heterocycles. The van der Waals surface area contributed by atoms with Crippen molar-refractivity contribution in [1.29, 1.82) is 0 Å². The summed E-state index contributed by atoms with van der Waals surface area (Å²) >= 11 is 0. The average molecular weight is 674 g/mol. The normalized spacial score (nSPS) is 15.2. The molecule has 1 aliphatic rings. The molecule has 1 nitrogen and oxygen atoms in total. The fraction of sp³-hybridized carbons (Fsp3) is 0.979. The maximum absolute atomic E-state index is 6.16. The van der Waals surface area contributed by atoms with Crippen LogP contribution >= 0.6 is 0 Å². The van der Waals surface area contributed by atoms with Gasteiger partial charge in [0.15, 0.2) is 0 Å². The van der Waals surface area contributed by atoms with Gasteiger partial charge in [0, 0.05) is 12.5 Å². The van der Waals surface area contributed by atoms with Crippen molar-refractivity contribution in [2.75, 3.05) is 6.61 Å². The van der Waals surface area contributed by atoms with E-state index in [1.807, 2.05) is 0 Å². The zero-order chi connectivity index (χ0) is 34.3. The van der Waals surface area contributed by atoms with Gasteiger partial charge in [-0.2, -0.15) is 0 Å². The largest absolute Gasteiger partial charge is 0.378 e. The second kappa shape index (κ2) is 39.7. The molecule has 1 fully saturated rings. The Morgan fingerprint density at radius 2 is 0.583 bits per heavy atom. The van der Waals surface area contributed by atoms with Crippen LogP contribution in [0.2, 0.25) is 0 Å². The Morgan fingerprint density at radius 1 is 0.333 bits per heavy atom. The highest BCUT2D eigenvalue weighted by Gasteiger charge is 2.27. The fourth-order valence-electron chi connectivity index (χ4n) is 8.20. The van der Waals surface area contributed by atoms with Crippen LogP contribution in [0, 0.1) is 5.92 Å². The summed E-state index contributed by atoms with van der Waals surface area (Å²) < 4.78 is 6.16. The van der Waals surface area contributed by atoms with E-state index in [4.69, 9.17) is 4.74 Å². The van der Waals surface area contributed by atoms with Gasteiger partial charge in [-0.05, 0) is 19.3 Å². The minimum absolute atomic E-state index is 0.510. The predicted octanol–water partition coefficient (Wildman–Crippen LogP) is 17.4. The van der Waals surface area contributed by atoms with Crippen molar-refractivity contribution in [3.05, 3.63) is 5.92 Å². The summed E-state index contributed by atoms with van der Waals surface area (Å²) in [6, 6.07) is 0. The molecule has 0 N–H and O–H groups in total. The molecule has 1 unspecified atom stereocenters. The molecule has 0 spiro atoms. The highest BCUT2D eigenvalue weighted by Crippen LogP contribution is 2.32. The molecule has 0 aromatic rings. The van der Waals surface area contributed by atoms with Crippen molar-refractivity contribution in [1.82, 2.24) is 0 Å². The summed E-state index contributed by atoms with van der Waals surface area (Å²) in [5, 5.41) is 0. The molecule has 1 radical (unpaired) electrons. The number of hydrogen-bond donors (Lipinski definition) is 0. The molecule has 0 amide bonds. The molecule has 1 heteroatoms. The van der Waals surface area contributed by atoms with E-state index < -0.39 is 0 Å². The van der Waals surface area contributed by atoms with Gasteiger partial charge in [0.05, 0.1) is 6.10 Å². The number of unbranched alkanes of at least 4 members (excludes halogenated alkanes) is 37. The van der Waals surface area contributed by atoms with Crippen LogP contribution in [0.4, 0.5) is 0 Å². The quantitative estimate of drug-likeness (QED) is 0.0587. The third-order valence-electron chi connectivity index (χ3n) is 11.6.